The van der Waals surface area contributed by atoms with Crippen LogP contribution in [0.15, 0.2) is 30.5 Å². The Kier molecular flexibility index (Phi) is 22.6. The first kappa shape index (κ1) is 61.4. The highest BCUT2D eigenvalue weighted by atomic mass is 19.4. The number of fused-ring (bicyclic) bond motifs is 2. The van der Waals surface area contributed by atoms with E-state index in [-0.39, 0.29) is 37.1 Å². The van der Waals surface area contributed by atoms with Crippen molar-refractivity contribution in [2.75, 3.05) is 51.7 Å². The quantitative estimate of drug-likeness (QED) is 0.0293. The third kappa shape index (κ3) is 16.3. The largest absolute Gasteiger partial charge is 0.542 e. The van der Waals surface area contributed by atoms with Crippen molar-refractivity contribution >= 4 is 51.8 Å². The number of halogens is 6. The van der Waals surface area contributed by atoms with Crippen LogP contribution in [0.2, 0.25) is 0 Å². The fourth-order valence-electron chi connectivity index (χ4n) is 7.73. The number of aryl methyl sites for hydroxylation is 2. The Morgan fingerprint density at radius 1 is 0.849 bits per heavy atom. The minimum atomic E-state index is -5.19. The van der Waals surface area contributed by atoms with Gasteiger partial charge in [0.25, 0.3) is 17.6 Å². The zero-order chi connectivity index (χ0) is 55.3. The highest BCUT2D eigenvalue weighted by Gasteiger charge is 2.39. The number of hydrogen-bond acceptors (Lipinski definition) is 19. The number of anilines is 1. The van der Waals surface area contributed by atoms with E-state index in [9.17, 15) is 87.0 Å². The number of amides is 2. The van der Waals surface area contributed by atoms with Crippen molar-refractivity contribution in [3.63, 3.8) is 0 Å². The van der Waals surface area contributed by atoms with Gasteiger partial charge < -0.3 is 87.0 Å². The van der Waals surface area contributed by atoms with Crippen LogP contribution in [0.5, 0.6) is 0 Å². The lowest BCUT2D eigenvalue weighted by atomic mass is 9.97. The van der Waals surface area contributed by atoms with Gasteiger partial charge in [-0.05, 0) is 44.9 Å². The second kappa shape index (κ2) is 26.9. The van der Waals surface area contributed by atoms with E-state index in [0.29, 0.717) is 49.1 Å². The molecule has 15 N–H and O–H groups in total. The van der Waals surface area contributed by atoms with Crippen LogP contribution in [0.1, 0.15) is 53.4 Å². The van der Waals surface area contributed by atoms with Gasteiger partial charge in [0.2, 0.25) is 0 Å². The number of nitrogens with two attached hydrogens (primary N) is 1. The van der Waals surface area contributed by atoms with E-state index in [1.54, 1.807) is 23.2 Å². The maximum atomic E-state index is 14.0. The lowest BCUT2D eigenvalue weighted by molar-refractivity contribution is -0.676. The third-order valence-corrected chi connectivity index (χ3v) is 11.6. The lowest BCUT2D eigenvalue weighted by Crippen LogP contribution is -2.56. The fraction of sp³-hybridized carbons (Fsp3) is 0.595. The first-order valence-corrected chi connectivity index (χ1v) is 22.3. The molecule has 1 saturated heterocycles. The van der Waals surface area contributed by atoms with E-state index in [1.165, 1.54) is 4.90 Å². The molecule has 8 atom stereocenters. The topological polar surface area (TPSA) is 409 Å². The Morgan fingerprint density at radius 3 is 1.81 bits per heavy atom. The maximum absolute atomic E-state index is 14.0. The number of alkyl halides is 6. The molecule has 5 rings (SSSR count). The Bertz CT molecular complexity index is 2400. The summed E-state index contributed by atoms with van der Waals surface area (Å²) in [6, 6.07) is 6.74. The molecule has 1 fully saturated rings. The molecule has 0 unspecified atom stereocenters. The molecule has 31 heteroatoms. The van der Waals surface area contributed by atoms with Crippen LogP contribution in [-0.4, -0.2) is 222 Å². The minimum absolute atomic E-state index is 0.0138. The summed E-state index contributed by atoms with van der Waals surface area (Å²) in [4.78, 5) is 59.3. The summed E-state index contributed by atoms with van der Waals surface area (Å²) >= 11 is 0. The van der Waals surface area contributed by atoms with E-state index >= 15 is 0 Å². The van der Waals surface area contributed by atoms with Crippen molar-refractivity contribution in [1.82, 2.24) is 34.6 Å². The third-order valence-electron chi connectivity index (χ3n) is 11.6. The Labute approximate surface area is 410 Å². The Balaban J connectivity index is 0.000000878. The number of aromatic amines is 1. The van der Waals surface area contributed by atoms with Gasteiger partial charge in [0.15, 0.2) is 28.2 Å². The number of piperidine rings is 1. The molecule has 73 heavy (non-hydrogen) atoms. The molecule has 0 spiro atoms. The number of nitrogens with zero attached hydrogens (tertiary/aromatic N) is 6. The average molecular weight is 1060 g/mol. The van der Waals surface area contributed by atoms with Gasteiger partial charge in [-0.1, -0.05) is 0 Å². The van der Waals surface area contributed by atoms with Crippen LogP contribution in [0.4, 0.5) is 32.2 Å². The van der Waals surface area contributed by atoms with Crippen LogP contribution in [0.25, 0.3) is 22.2 Å². The monoisotopic (exact) mass is 1060 g/mol. The summed E-state index contributed by atoms with van der Waals surface area (Å²) < 4.78 is 67.5. The van der Waals surface area contributed by atoms with Crippen LogP contribution >= 0.6 is 0 Å². The second-order valence-corrected chi connectivity index (χ2v) is 16.4. The van der Waals surface area contributed by atoms with Gasteiger partial charge in [0, 0.05) is 56.6 Å². The second-order valence-electron chi connectivity index (χ2n) is 16.4. The molecule has 25 nitrogen and oxygen atoms in total. The van der Waals surface area contributed by atoms with Crippen LogP contribution in [0, 0.1) is 0 Å². The normalized spacial score (nSPS) is 16.8. The fourth-order valence-corrected chi connectivity index (χ4v) is 7.73. The average Bonchev–Trinajstić information content (AvgIpc) is 3.94. The van der Waals surface area contributed by atoms with Crippen LogP contribution < -0.4 is 20.7 Å². The molecule has 1 aliphatic rings. The van der Waals surface area contributed by atoms with Crippen molar-refractivity contribution in [2.45, 2.75) is 113 Å². The molecule has 3 aromatic heterocycles. The van der Waals surface area contributed by atoms with Gasteiger partial charge in [0.1, 0.15) is 48.1 Å². The number of aromatic nitrogens is 5. The number of rotatable bonds is 20. The number of H-pyrrole nitrogens is 1. The number of carboxylic acid groups (broad SMARTS) is 2. The van der Waals surface area contributed by atoms with Gasteiger partial charge >= 0.3 is 18.3 Å². The van der Waals surface area contributed by atoms with Crippen molar-refractivity contribution < 1.29 is 111 Å². The van der Waals surface area contributed by atoms with E-state index in [2.05, 4.69) is 29.4 Å². The molecule has 0 saturated carbocycles. The zero-order valence-electron chi connectivity index (χ0n) is 39.1. The number of aliphatic carboxylic acids is 2. The molecule has 1 aromatic carbocycles. The number of carbonyl (C=O) groups excluding carboxylic acids is 3. The number of likely N-dealkylation sites (tertiary alicyclic amines) is 1. The van der Waals surface area contributed by atoms with Gasteiger partial charge in [-0.25, -0.2) is 23.9 Å². The first-order chi connectivity index (χ1) is 34.0. The highest BCUT2D eigenvalue weighted by Crippen LogP contribution is 2.24. The maximum Gasteiger partial charge on any atom is 0.490 e. The summed E-state index contributed by atoms with van der Waals surface area (Å²) in [6.07, 6.45) is -22.1. The van der Waals surface area contributed by atoms with Crippen LogP contribution in [-0.2, 0) is 29.1 Å². The number of benzene rings is 1. The lowest BCUT2D eigenvalue weighted by Gasteiger charge is -2.41. The van der Waals surface area contributed by atoms with E-state index in [4.69, 9.17) is 25.5 Å². The van der Waals surface area contributed by atoms with Crippen molar-refractivity contribution in [2.24, 2.45) is 0 Å². The van der Waals surface area contributed by atoms with E-state index in [1.807, 2.05) is 26.0 Å². The number of carboxylic acids is 2. The number of aliphatic hydroxyl groups excluding tert-OH is 10. The van der Waals surface area contributed by atoms with Gasteiger partial charge in [-0.3, -0.25) is 14.5 Å². The summed E-state index contributed by atoms with van der Waals surface area (Å²) in [7, 11) is 0. The molecule has 2 amide bonds. The van der Waals surface area contributed by atoms with Gasteiger partial charge in [0.05, 0.1) is 44.9 Å². The molecular weight excluding hydrogens is 1000 g/mol. The number of nitrogens with one attached hydrogen (secondary N) is 2. The highest BCUT2D eigenvalue weighted by molar-refractivity contribution is 5.98. The standard InChI is InChI=1S/C38H57N9O12.2C2HF3O2/c1-3-46-23-6-5-20(15-24(23)47(4-2)29(46)8-12-41-37(58)30-35(39)43-36-22(42-30)7-11-40-36)38(59)44-13-9-21(10-14-44)45(16-25(50)31(54)33(56)27(52)18-48)17-26(51)32(55)34(57)28(53)19-49;2*3-2(4,5)1(6)7/h5-7,11,15,21,25-28,31-34,48-57H,3-4,8-10,12-14,16-19H2,1-2H3,(H3-,39,40,41,42,43,58);2*(H,6,7)/t25-,26-,27+,28+,31+,32+,33+,34+;;/m0../s1. The first-order valence-electron chi connectivity index (χ1n) is 22.3. The molecule has 1 aliphatic heterocycles. The smallest absolute Gasteiger partial charge is 0.490 e. The number of carbonyl (C=O) groups is 4. The number of aliphatic hydroxyl groups is 10. The van der Waals surface area contributed by atoms with Gasteiger partial charge in [-0.15, -0.1) is 0 Å². The summed E-state index contributed by atoms with van der Waals surface area (Å²) in [5.74, 6) is -5.49. The number of imidazole rings is 1. The minimum Gasteiger partial charge on any atom is -0.542 e. The Morgan fingerprint density at radius 2 is 1.36 bits per heavy atom. The summed E-state index contributed by atoms with van der Waals surface area (Å²) in [5, 5.41) is 120. The van der Waals surface area contributed by atoms with Crippen molar-refractivity contribution in [3.8, 4) is 0 Å². The van der Waals surface area contributed by atoms with E-state index < -0.39 is 111 Å². The predicted molar refractivity (Wildman–Crippen MR) is 235 cm³/mol. The molecule has 4 heterocycles. The molecule has 4 aromatic rings. The summed E-state index contributed by atoms with van der Waals surface area (Å²) in [5.41, 5.74) is 9.23. The van der Waals surface area contributed by atoms with Crippen molar-refractivity contribution in [3.05, 3.63) is 47.5 Å². The number of nitrogen functional groups attached to an aromatic ring is 1. The van der Waals surface area contributed by atoms with Crippen molar-refractivity contribution in [1.29, 1.82) is 0 Å². The van der Waals surface area contributed by atoms with Crippen LogP contribution in [0.3, 0.4) is 0 Å². The number of hydrogen-bond donors (Lipinski definition) is 14. The predicted octanol–water partition coefficient (Wildman–Crippen LogP) is -4.50. The molecule has 0 aliphatic carbocycles. The zero-order valence-corrected chi connectivity index (χ0v) is 39.1. The molecular formula is C42H59F6N9O16. The SMILES string of the molecule is CCn1c(CCNC(=O)c2nc3cc[nH]c3nc2N)[n+](CC)c2ccc(C(=O)N3CCC(N(C[C@H](O)[C@@H](O)[C@H](O)[C@H](O)CO)C[C@H](O)[C@@H](O)[C@H](O)[C@H](O)CO)CC3)cc21.O=C(O)C(F)(F)F.O=C([O-])C(F)(F)F. The Hall–Kier alpha value is -5.87. The van der Waals surface area contributed by atoms with E-state index in [0.717, 1.165) is 16.9 Å². The summed E-state index contributed by atoms with van der Waals surface area (Å²) in [6.45, 7) is 3.44. The molecule has 0 radical (unpaired) electrons. The molecule has 0 bridgehead atoms. The molecule has 410 valence electrons. The van der Waals surface area contributed by atoms with Gasteiger partial charge in [-0.2, -0.15) is 26.3 Å².